The summed E-state index contributed by atoms with van der Waals surface area (Å²) >= 11 is 5.91. The van der Waals surface area contributed by atoms with E-state index >= 15 is 0 Å². The van der Waals surface area contributed by atoms with E-state index in [4.69, 9.17) is 26.6 Å². The van der Waals surface area contributed by atoms with Crippen LogP contribution in [0.1, 0.15) is 5.48 Å². The zero-order valence-corrected chi connectivity index (χ0v) is 8.08. The van der Waals surface area contributed by atoms with Crippen LogP contribution in [0.4, 0.5) is 0 Å². The zero-order valence-electron chi connectivity index (χ0n) is 11.3. The smallest absolute Gasteiger partial charge is 0.163 e. The number of benzene rings is 1. The van der Waals surface area contributed by atoms with Crippen LogP contribution in [-0.4, -0.2) is 23.1 Å². The van der Waals surface area contributed by atoms with Gasteiger partial charge in [0.15, 0.2) is 11.5 Å². The molecule has 0 saturated carbocycles. The molecule has 1 aromatic carbocycles. The summed E-state index contributed by atoms with van der Waals surface area (Å²) in [4.78, 5) is 7.80. The number of halogens is 1. The third-order valence-electron chi connectivity index (χ3n) is 2.02. The van der Waals surface area contributed by atoms with E-state index < -0.39 is 13.1 Å². The minimum atomic E-state index is -2.60. The van der Waals surface area contributed by atoms with Crippen LogP contribution in [0, 0.1) is 0 Å². The fraction of sp³-hybridized carbons (Fsp3) is 0.200. The monoisotopic (exact) mass is 226 g/mol. The van der Waals surface area contributed by atoms with Crippen LogP contribution in [0.2, 0.25) is 5.15 Å². The Kier molecular flexibility index (Phi) is 1.19. The van der Waals surface area contributed by atoms with Gasteiger partial charge in [0, 0.05) is 11.5 Å². The Balaban J connectivity index is 2.22. The summed E-state index contributed by atoms with van der Waals surface area (Å²) in [6.07, 6.45) is 1.27. The third kappa shape index (κ3) is 1.37. The van der Waals surface area contributed by atoms with Gasteiger partial charge in [-0.1, -0.05) is 11.6 Å². The maximum absolute atomic E-state index is 7.50. The average molecular weight is 227 g/mol. The first kappa shape index (κ1) is 5.51. The van der Waals surface area contributed by atoms with Gasteiger partial charge in [0.1, 0.15) is 24.6 Å². The molecule has 4 nitrogen and oxygen atoms in total. The van der Waals surface area contributed by atoms with Gasteiger partial charge in [-0.15, -0.1) is 0 Å². The summed E-state index contributed by atoms with van der Waals surface area (Å²) in [5.74, 6) is 0.131. The van der Waals surface area contributed by atoms with Gasteiger partial charge in [0.05, 0.1) is 11.0 Å². The Bertz CT molecular complexity index is 680. The number of hydrogen-bond acceptors (Lipinski definition) is 4. The van der Waals surface area contributed by atoms with Crippen LogP contribution in [0.15, 0.2) is 18.5 Å². The van der Waals surface area contributed by atoms with Gasteiger partial charge in [-0.05, 0) is 6.07 Å². The van der Waals surface area contributed by atoms with Gasteiger partial charge in [-0.3, -0.25) is 0 Å². The van der Waals surface area contributed by atoms with Crippen molar-refractivity contribution in [1.29, 1.82) is 0 Å². The van der Waals surface area contributed by atoms with E-state index in [1.165, 1.54) is 18.5 Å². The highest BCUT2D eigenvalue weighted by molar-refractivity contribution is 6.34. The second-order valence-electron chi connectivity index (χ2n) is 2.89. The number of nitrogens with zero attached hydrogens (tertiary/aromatic N) is 2. The Morgan fingerprint density at radius 1 is 1.20 bits per heavy atom. The summed E-state index contributed by atoms with van der Waals surface area (Å²) in [7, 11) is 0. The van der Waals surface area contributed by atoms with Crippen molar-refractivity contribution < 1.29 is 15.0 Å². The molecule has 0 N–H and O–H groups in total. The number of rotatable bonds is 0. The predicted molar refractivity (Wildman–Crippen MR) is 55.5 cm³/mol. The molecule has 1 aromatic heterocycles. The van der Waals surface area contributed by atoms with Gasteiger partial charge < -0.3 is 9.47 Å². The molecule has 5 heteroatoms. The summed E-state index contributed by atoms with van der Waals surface area (Å²) in [6, 6.07) is 2.87. The van der Waals surface area contributed by atoms with Crippen LogP contribution in [0.5, 0.6) is 11.5 Å². The second-order valence-corrected chi connectivity index (χ2v) is 3.25. The Hall–Kier alpha value is -1.55. The van der Waals surface area contributed by atoms with Crippen LogP contribution >= 0.6 is 11.6 Å². The van der Waals surface area contributed by atoms with Crippen LogP contribution in [-0.2, 0) is 0 Å². The molecular formula is C10H7ClN2O2. The molecule has 1 aliphatic rings. The lowest BCUT2D eigenvalue weighted by Crippen LogP contribution is -2.15. The maximum atomic E-state index is 7.50. The Morgan fingerprint density at radius 2 is 1.93 bits per heavy atom. The molecule has 0 atom stereocenters. The fourth-order valence-electron chi connectivity index (χ4n) is 1.34. The van der Waals surface area contributed by atoms with Gasteiger partial charge in [0.2, 0.25) is 0 Å². The minimum Gasteiger partial charge on any atom is -0.486 e. The highest BCUT2D eigenvalue weighted by atomic mass is 35.5. The van der Waals surface area contributed by atoms with Crippen molar-refractivity contribution in [3.63, 3.8) is 0 Å². The topological polar surface area (TPSA) is 44.2 Å². The zero-order chi connectivity index (χ0) is 13.8. The van der Waals surface area contributed by atoms with Crippen molar-refractivity contribution in [2.45, 2.75) is 0 Å². The summed E-state index contributed by atoms with van der Waals surface area (Å²) in [5, 5.41) is 0.676. The highest BCUT2D eigenvalue weighted by Gasteiger charge is 2.14. The standard InChI is InChI=1S/C10H7ClN2O2/c11-10-6-3-8-9(15-2-1-14-8)4-7(6)12-5-13-10/h3-5H,1-2H2/i1D2,2D2. The van der Waals surface area contributed by atoms with E-state index in [0.29, 0.717) is 10.9 Å². The molecule has 0 bridgehead atoms. The molecular weight excluding hydrogens is 216 g/mol. The summed E-state index contributed by atoms with van der Waals surface area (Å²) in [5.41, 5.74) is 0.459. The minimum absolute atomic E-state index is 0.0596. The van der Waals surface area contributed by atoms with E-state index in [2.05, 4.69) is 9.97 Å². The lowest BCUT2D eigenvalue weighted by atomic mass is 10.2. The number of fused-ring (bicyclic) bond motifs is 2. The largest absolute Gasteiger partial charge is 0.486 e. The molecule has 0 amide bonds. The lowest BCUT2D eigenvalue weighted by molar-refractivity contribution is 0.172. The third-order valence-corrected chi connectivity index (χ3v) is 2.32. The lowest BCUT2D eigenvalue weighted by Gasteiger charge is -2.18. The van der Waals surface area contributed by atoms with Gasteiger partial charge in [-0.2, -0.15) is 0 Å². The van der Waals surface area contributed by atoms with Gasteiger partial charge >= 0.3 is 0 Å². The SMILES string of the molecule is [2H]C1([2H])Oc2cc3ncnc(Cl)c3cc2OC1([2H])[2H]. The molecule has 2 heterocycles. The molecule has 1 aliphatic heterocycles. The number of ether oxygens (including phenoxy) is 2. The van der Waals surface area contributed by atoms with Gasteiger partial charge in [0.25, 0.3) is 0 Å². The van der Waals surface area contributed by atoms with Crippen molar-refractivity contribution >= 4 is 22.5 Å². The molecule has 3 rings (SSSR count). The molecule has 0 saturated heterocycles. The van der Waals surface area contributed by atoms with Crippen molar-refractivity contribution in [2.24, 2.45) is 0 Å². The molecule has 0 spiro atoms. The predicted octanol–water partition coefficient (Wildman–Crippen LogP) is 2.05. The summed E-state index contributed by atoms with van der Waals surface area (Å²) in [6.45, 7) is -5.19. The first-order valence-corrected chi connectivity index (χ1v) is 4.50. The van der Waals surface area contributed by atoms with Crippen molar-refractivity contribution in [3.05, 3.63) is 23.6 Å². The maximum Gasteiger partial charge on any atom is 0.163 e. The molecule has 2 aromatic rings. The van der Waals surface area contributed by atoms with Crippen molar-refractivity contribution in [2.75, 3.05) is 13.1 Å². The average Bonchev–Trinajstić information content (AvgIpc) is 2.29. The Morgan fingerprint density at radius 3 is 2.73 bits per heavy atom. The molecule has 0 unspecified atom stereocenters. The number of hydrogen-bond donors (Lipinski definition) is 0. The van der Waals surface area contributed by atoms with E-state index in [9.17, 15) is 0 Å². The van der Waals surface area contributed by atoms with E-state index in [-0.39, 0.29) is 16.7 Å². The van der Waals surface area contributed by atoms with Crippen molar-refractivity contribution in [1.82, 2.24) is 9.97 Å². The molecule has 76 valence electrons. The molecule has 0 fully saturated rings. The van der Waals surface area contributed by atoms with Gasteiger partial charge in [-0.25, -0.2) is 9.97 Å². The highest BCUT2D eigenvalue weighted by Crippen LogP contribution is 2.35. The number of aromatic nitrogens is 2. The fourth-order valence-corrected chi connectivity index (χ4v) is 1.54. The van der Waals surface area contributed by atoms with E-state index in [1.54, 1.807) is 0 Å². The van der Waals surface area contributed by atoms with E-state index in [1.807, 2.05) is 0 Å². The summed E-state index contributed by atoms with van der Waals surface area (Å²) < 4.78 is 40.0. The quantitative estimate of drug-likeness (QED) is 0.645. The molecule has 0 radical (unpaired) electrons. The van der Waals surface area contributed by atoms with Crippen LogP contribution in [0.25, 0.3) is 10.9 Å². The van der Waals surface area contributed by atoms with Crippen LogP contribution in [0.3, 0.4) is 0 Å². The normalized spacial score (nSPS) is 24.9. The second kappa shape index (κ2) is 3.24. The first-order chi connectivity index (χ1) is 8.80. The first-order valence-electron chi connectivity index (χ1n) is 6.12. The van der Waals surface area contributed by atoms with E-state index in [0.717, 1.165) is 0 Å². The van der Waals surface area contributed by atoms with Crippen LogP contribution < -0.4 is 9.47 Å². The Labute approximate surface area is 96.4 Å². The molecule has 0 aliphatic carbocycles. The van der Waals surface area contributed by atoms with Crippen molar-refractivity contribution in [3.8, 4) is 11.5 Å². The molecule has 15 heavy (non-hydrogen) atoms.